The van der Waals surface area contributed by atoms with Crippen molar-refractivity contribution in [3.8, 4) is 11.1 Å². The molecule has 162 valence electrons. The van der Waals surface area contributed by atoms with Gasteiger partial charge in [-0.3, -0.25) is 0 Å². The highest BCUT2D eigenvalue weighted by Gasteiger charge is 2.30. The first-order valence-electron chi connectivity index (χ1n) is 11.0. The molecule has 0 bridgehead atoms. The van der Waals surface area contributed by atoms with E-state index in [1.54, 1.807) is 0 Å². The van der Waals surface area contributed by atoms with Crippen molar-refractivity contribution in [1.82, 2.24) is 5.32 Å². The van der Waals surface area contributed by atoms with E-state index in [0.717, 1.165) is 27.8 Å². The number of benzene rings is 3. The highest BCUT2D eigenvalue weighted by atomic mass is 16.5. The van der Waals surface area contributed by atoms with Crippen LogP contribution in [0.15, 0.2) is 72.8 Å². The predicted octanol–water partition coefficient (Wildman–Crippen LogP) is 5.10. The minimum atomic E-state index is -1.07. The van der Waals surface area contributed by atoms with Crippen LogP contribution >= 0.6 is 0 Å². The number of hydrogen-bond donors (Lipinski definition) is 2. The highest BCUT2D eigenvalue weighted by Crippen LogP contribution is 2.44. The lowest BCUT2D eigenvalue weighted by molar-refractivity contribution is -0.139. The van der Waals surface area contributed by atoms with Gasteiger partial charge in [0.2, 0.25) is 0 Å². The summed E-state index contributed by atoms with van der Waals surface area (Å²) in [7, 11) is 0. The summed E-state index contributed by atoms with van der Waals surface area (Å²) in [6.45, 7) is 0.156. The molecule has 1 fully saturated rings. The molecule has 0 radical (unpaired) electrons. The largest absolute Gasteiger partial charge is 0.480 e. The summed E-state index contributed by atoms with van der Waals surface area (Å²) >= 11 is 0. The number of carbonyl (C=O) groups excluding carboxylic acids is 1. The summed E-state index contributed by atoms with van der Waals surface area (Å²) in [4.78, 5) is 24.3. The van der Waals surface area contributed by atoms with Gasteiger partial charge in [0.05, 0.1) is 0 Å². The van der Waals surface area contributed by atoms with Crippen LogP contribution in [0.4, 0.5) is 4.79 Å². The van der Waals surface area contributed by atoms with E-state index >= 15 is 0 Å². The lowest BCUT2D eigenvalue weighted by Crippen LogP contribution is -2.42. The van der Waals surface area contributed by atoms with E-state index in [0.29, 0.717) is 5.92 Å². The van der Waals surface area contributed by atoms with Gasteiger partial charge in [-0.25, -0.2) is 9.59 Å². The summed E-state index contributed by atoms with van der Waals surface area (Å²) in [5.41, 5.74) is 6.68. The lowest BCUT2D eigenvalue weighted by atomic mass is 9.98. The summed E-state index contributed by atoms with van der Waals surface area (Å²) in [5, 5.41) is 12.2. The van der Waals surface area contributed by atoms with Gasteiger partial charge in [-0.2, -0.15) is 0 Å². The van der Waals surface area contributed by atoms with Crippen LogP contribution in [0.3, 0.4) is 0 Å². The third kappa shape index (κ3) is 4.11. The molecule has 2 N–H and O–H groups in total. The van der Waals surface area contributed by atoms with E-state index in [9.17, 15) is 14.7 Å². The molecule has 2 aliphatic carbocycles. The van der Waals surface area contributed by atoms with E-state index in [4.69, 9.17) is 4.74 Å². The summed E-state index contributed by atoms with van der Waals surface area (Å²) in [6.07, 6.45) is 1.88. The first-order valence-corrected chi connectivity index (χ1v) is 11.0. The standard InChI is InChI=1S/C27H25NO4/c29-26(30)25(15-17-6-5-7-19(14-17)18-12-13-18)28-27(31)32-16-24-22-10-3-1-8-20(22)21-9-2-4-11-23(21)24/h1-11,14,18,24-25H,12-13,15-16H2,(H,28,31)(H,29,30). The van der Waals surface area contributed by atoms with Crippen molar-refractivity contribution < 1.29 is 19.4 Å². The summed E-state index contributed by atoms with van der Waals surface area (Å²) < 4.78 is 5.52. The normalized spacial score (nSPS) is 15.5. The molecule has 3 aromatic rings. The molecule has 3 aromatic carbocycles. The van der Waals surface area contributed by atoms with Crippen LogP contribution in [0.5, 0.6) is 0 Å². The SMILES string of the molecule is O=C(NC(Cc1cccc(C2CC2)c1)C(=O)O)OCC1c2ccccc2-c2ccccc21. The van der Waals surface area contributed by atoms with Crippen LogP contribution in [-0.4, -0.2) is 29.8 Å². The number of alkyl carbamates (subject to hydrolysis) is 1. The number of carbonyl (C=O) groups is 2. The van der Waals surface area contributed by atoms with E-state index in [-0.39, 0.29) is 18.9 Å². The molecular weight excluding hydrogens is 402 g/mol. The van der Waals surface area contributed by atoms with Gasteiger partial charge in [0.15, 0.2) is 0 Å². The molecule has 0 aliphatic heterocycles. The summed E-state index contributed by atoms with van der Waals surface area (Å²) in [5.74, 6) is -0.546. The van der Waals surface area contributed by atoms with Crippen LogP contribution in [0.2, 0.25) is 0 Å². The van der Waals surface area contributed by atoms with Crippen LogP contribution in [0, 0.1) is 0 Å². The molecule has 1 unspecified atom stereocenters. The van der Waals surface area contributed by atoms with Crippen molar-refractivity contribution in [1.29, 1.82) is 0 Å². The third-order valence-electron chi connectivity index (χ3n) is 6.37. The van der Waals surface area contributed by atoms with Crippen LogP contribution < -0.4 is 5.32 Å². The van der Waals surface area contributed by atoms with E-state index < -0.39 is 18.1 Å². The number of hydrogen-bond acceptors (Lipinski definition) is 3. The van der Waals surface area contributed by atoms with Crippen molar-refractivity contribution in [2.75, 3.05) is 6.61 Å². The van der Waals surface area contributed by atoms with E-state index in [2.05, 4.69) is 23.5 Å². The van der Waals surface area contributed by atoms with Crippen molar-refractivity contribution in [2.24, 2.45) is 0 Å². The number of carboxylic acids is 1. The van der Waals surface area contributed by atoms with Crippen LogP contribution in [-0.2, 0) is 16.0 Å². The van der Waals surface area contributed by atoms with Gasteiger partial charge in [0.25, 0.3) is 0 Å². The Bertz CT molecular complexity index is 1120. The Morgan fingerprint density at radius 2 is 1.59 bits per heavy atom. The van der Waals surface area contributed by atoms with Crippen molar-refractivity contribution in [3.63, 3.8) is 0 Å². The number of nitrogens with one attached hydrogen (secondary N) is 1. The monoisotopic (exact) mass is 427 g/mol. The molecule has 0 aromatic heterocycles. The van der Waals surface area contributed by atoms with Crippen molar-refractivity contribution >= 4 is 12.1 Å². The first-order chi connectivity index (χ1) is 15.6. The van der Waals surface area contributed by atoms with Gasteiger partial charge in [-0.1, -0.05) is 72.8 Å². The average Bonchev–Trinajstić information content (AvgIpc) is 3.61. The zero-order valence-corrected chi connectivity index (χ0v) is 17.7. The fourth-order valence-electron chi connectivity index (χ4n) is 4.61. The molecule has 1 atom stereocenters. The number of amides is 1. The Hall–Kier alpha value is -3.60. The lowest BCUT2D eigenvalue weighted by Gasteiger charge is -2.18. The Labute approximate surface area is 187 Å². The number of aliphatic carboxylic acids is 1. The topological polar surface area (TPSA) is 75.6 Å². The predicted molar refractivity (Wildman–Crippen MR) is 122 cm³/mol. The Morgan fingerprint density at radius 3 is 2.22 bits per heavy atom. The summed E-state index contributed by atoms with van der Waals surface area (Å²) in [6, 6.07) is 23.2. The molecular formula is C27H25NO4. The maximum absolute atomic E-state index is 12.5. The van der Waals surface area contributed by atoms with Crippen molar-refractivity contribution in [3.05, 3.63) is 95.1 Å². The first kappa shape index (κ1) is 20.3. The fourth-order valence-corrected chi connectivity index (χ4v) is 4.61. The van der Waals surface area contributed by atoms with Gasteiger partial charge in [0, 0.05) is 12.3 Å². The van der Waals surface area contributed by atoms with E-state index in [1.165, 1.54) is 18.4 Å². The molecule has 5 rings (SSSR count). The Morgan fingerprint density at radius 1 is 0.938 bits per heavy atom. The van der Waals surface area contributed by atoms with E-state index in [1.807, 2.05) is 54.6 Å². The number of fused-ring (bicyclic) bond motifs is 3. The second kappa shape index (κ2) is 8.50. The Kier molecular flexibility index (Phi) is 5.39. The van der Waals surface area contributed by atoms with Gasteiger partial charge < -0.3 is 15.2 Å². The number of carboxylic acid groups (broad SMARTS) is 1. The van der Waals surface area contributed by atoms with Crippen LogP contribution in [0.25, 0.3) is 11.1 Å². The second-order valence-corrected chi connectivity index (χ2v) is 8.58. The zero-order chi connectivity index (χ0) is 22.1. The molecule has 0 heterocycles. The maximum atomic E-state index is 12.5. The van der Waals surface area contributed by atoms with Gasteiger partial charge in [0.1, 0.15) is 12.6 Å². The zero-order valence-electron chi connectivity index (χ0n) is 17.7. The number of ether oxygens (including phenoxy) is 1. The third-order valence-corrected chi connectivity index (χ3v) is 6.37. The smallest absolute Gasteiger partial charge is 0.407 e. The second-order valence-electron chi connectivity index (χ2n) is 8.58. The molecule has 2 aliphatic rings. The molecule has 32 heavy (non-hydrogen) atoms. The molecule has 0 spiro atoms. The number of rotatable bonds is 7. The fraction of sp³-hybridized carbons (Fsp3) is 0.259. The molecule has 5 heteroatoms. The molecule has 1 saturated carbocycles. The van der Waals surface area contributed by atoms with Gasteiger partial charge in [-0.05, 0) is 52.1 Å². The minimum Gasteiger partial charge on any atom is -0.480 e. The maximum Gasteiger partial charge on any atom is 0.407 e. The minimum absolute atomic E-state index is 0.0633. The van der Waals surface area contributed by atoms with Gasteiger partial charge >= 0.3 is 12.1 Å². The van der Waals surface area contributed by atoms with Gasteiger partial charge in [-0.15, -0.1) is 0 Å². The highest BCUT2D eigenvalue weighted by molar-refractivity contribution is 5.81. The quantitative estimate of drug-likeness (QED) is 0.550. The molecule has 0 saturated heterocycles. The average molecular weight is 428 g/mol. The van der Waals surface area contributed by atoms with Crippen molar-refractivity contribution in [2.45, 2.75) is 37.1 Å². The molecule has 5 nitrogen and oxygen atoms in total. The molecule has 1 amide bonds. The van der Waals surface area contributed by atoms with Crippen LogP contribution in [0.1, 0.15) is 46.9 Å². The Balaban J connectivity index is 1.25.